The average Bonchev–Trinajstić information content (AvgIpc) is 2.85. The summed E-state index contributed by atoms with van der Waals surface area (Å²) in [6, 6.07) is 4.07. The summed E-state index contributed by atoms with van der Waals surface area (Å²) in [6.07, 6.45) is 4.33. The van der Waals surface area contributed by atoms with Gasteiger partial charge in [-0.3, -0.25) is 0 Å². The number of hydrogen-bond acceptors (Lipinski definition) is 3. The van der Waals surface area contributed by atoms with E-state index in [1.165, 1.54) is 11.1 Å². The van der Waals surface area contributed by atoms with Gasteiger partial charge in [-0.2, -0.15) is 0 Å². The monoisotopic (exact) mass is 283 g/mol. The molecular weight excluding hydrogens is 262 g/mol. The van der Waals surface area contributed by atoms with Crippen molar-refractivity contribution in [1.82, 2.24) is 5.32 Å². The number of hydrogen-bond donors (Lipinski definition) is 1. The highest BCUT2D eigenvalue weighted by molar-refractivity contribution is 6.30. The van der Waals surface area contributed by atoms with Gasteiger partial charge >= 0.3 is 0 Å². The van der Waals surface area contributed by atoms with Gasteiger partial charge in [0.2, 0.25) is 0 Å². The lowest BCUT2D eigenvalue weighted by Gasteiger charge is -2.09. The number of methoxy groups -OCH3 is 1. The summed E-state index contributed by atoms with van der Waals surface area (Å²) in [5.41, 5.74) is 2.53. The number of unbranched alkanes of at least 4 members (excludes halogenated alkanes) is 1. The first-order valence-corrected chi connectivity index (χ1v) is 7.33. The van der Waals surface area contributed by atoms with E-state index in [2.05, 4.69) is 5.32 Å². The van der Waals surface area contributed by atoms with Gasteiger partial charge in [0.15, 0.2) is 0 Å². The van der Waals surface area contributed by atoms with Crippen LogP contribution in [0.25, 0.3) is 0 Å². The van der Waals surface area contributed by atoms with Gasteiger partial charge in [-0.05, 0) is 49.1 Å². The minimum absolute atomic E-state index is 0.773. The lowest BCUT2D eigenvalue weighted by molar-refractivity contribution is 0.199. The predicted octanol–water partition coefficient (Wildman–Crippen LogP) is 2.83. The van der Waals surface area contributed by atoms with Crippen LogP contribution in [0.4, 0.5) is 0 Å². The molecule has 1 N–H and O–H groups in total. The van der Waals surface area contributed by atoms with Gasteiger partial charge in [-0.1, -0.05) is 11.6 Å². The number of ether oxygens (including phenoxy) is 2. The minimum atomic E-state index is 0.773. The molecule has 0 saturated heterocycles. The van der Waals surface area contributed by atoms with Crippen LogP contribution in [-0.4, -0.2) is 33.4 Å². The maximum absolute atomic E-state index is 6.14. The Labute approximate surface area is 120 Å². The number of rotatable bonds is 8. The van der Waals surface area contributed by atoms with E-state index in [0.29, 0.717) is 0 Å². The average molecular weight is 284 g/mol. The molecule has 1 aliphatic heterocycles. The van der Waals surface area contributed by atoms with Crippen molar-refractivity contribution in [2.24, 2.45) is 0 Å². The van der Waals surface area contributed by atoms with Crippen LogP contribution in [0.15, 0.2) is 12.1 Å². The second-order valence-corrected chi connectivity index (χ2v) is 5.29. The van der Waals surface area contributed by atoms with Gasteiger partial charge in [-0.25, -0.2) is 0 Å². The fourth-order valence-corrected chi connectivity index (χ4v) is 2.66. The van der Waals surface area contributed by atoms with E-state index in [9.17, 15) is 0 Å². The van der Waals surface area contributed by atoms with Crippen LogP contribution in [0.2, 0.25) is 5.02 Å². The number of nitrogens with one attached hydrogen (secondary N) is 1. The van der Waals surface area contributed by atoms with Crippen LogP contribution in [0.1, 0.15) is 24.0 Å². The summed E-state index contributed by atoms with van der Waals surface area (Å²) in [7, 11) is 1.72. The van der Waals surface area contributed by atoms with Crippen LogP contribution in [0.3, 0.4) is 0 Å². The van der Waals surface area contributed by atoms with Crippen molar-refractivity contribution >= 4 is 11.6 Å². The summed E-state index contributed by atoms with van der Waals surface area (Å²) in [4.78, 5) is 0. The van der Waals surface area contributed by atoms with Crippen LogP contribution < -0.4 is 10.1 Å². The maximum atomic E-state index is 6.14. The maximum Gasteiger partial charge on any atom is 0.125 e. The normalized spacial score (nSPS) is 13.4. The van der Waals surface area contributed by atoms with E-state index >= 15 is 0 Å². The Bertz CT molecular complexity index is 409. The standard InChI is InChI=1S/C15H22ClNO2/c1-18-9-7-17-6-3-2-4-12-10-14(16)11-13-5-8-19-15(12)13/h10-11,17H,2-9H2,1H3. The molecule has 0 unspecified atom stereocenters. The number of fused-ring (bicyclic) bond motifs is 1. The first kappa shape index (κ1) is 14.6. The van der Waals surface area contributed by atoms with E-state index in [0.717, 1.165) is 62.8 Å². The first-order valence-electron chi connectivity index (χ1n) is 6.95. The summed E-state index contributed by atoms with van der Waals surface area (Å²) in [6.45, 7) is 3.52. The minimum Gasteiger partial charge on any atom is -0.493 e. The van der Waals surface area contributed by atoms with Crippen LogP contribution >= 0.6 is 11.6 Å². The van der Waals surface area contributed by atoms with E-state index in [1.54, 1.807) is 7.11 Å². The molecule has 0 amide bonds. The molecule has 3 nitrogen and oxygen atoms in total. The zero-order chi connectivity index (χ0) is 13.5. The molecule has 0 aliphatic carbocycles. The fourth-order valence-electron chi connectivity index (χ4n) is 2.40. The second-order valence-electron chi connectivity index (χ2n) is 4.85. The van der Waals surface area contributed by atoms with Crippen molar-refractivity contribution in [3.63, 3.8) is 0 Å². The Balaban J connectivity index is 1.74. The van der Waals surface area contributed by atoms with Crippen LogP contribution in [0, 0.1) is 0 Å². The molecule has 0 radical (unpaired) electrons. The van der Waals surface area contributed by atoms with E-state index in [1.807, 2.05) is 12.1 Å². The zero-order valence-electron chi connectivity index (χ0n) is 11.5. The Morgan fingerprint density at radius 2 is 2.21 bits per heavy atom. The molecule has 0 aromatic heterocycles. The lowest BCUT2D eigenvalue weighted by Crippen LogP contribution is -2.20. The zero-order valence-corrected chi connectivity index (χ0v) is 12.3. The molecule has 0 fully saturated rings. The molecule has 0 saturated carbocycles. The number of aryl methyl sites for hydroxylation is 1. The second kappa shape index (κ2) is 7.73. The van der Waals surface area contributed by atoms with Crippen molar-refractivity contribution < 1.29 is 9.47 Å². The number of benzene rings is 1. The summed E-state index contributed by atoms with van der Waals surface area (Å²) < 4.78 is 10.7. The van der Waals surface area contributed by atoms with Gasteiger partial charge in [0.25, 0.3) is 0 Å². The molecule has 19 heavy (non-hydrogen) atoms. The first-order chi connectivity index (χ1) is 9.31. The van der Waals surface area contributed by atoms with Gasteiger partial charge in [-0.15, -0.1) is 0 Å². The molecule has 106 valence electrons. The number of halogens is 1. The van der Waals surface area contributed by atoms with E-state index in [-0.39, 0.29) is 0 Å². The molecule has 1 heterocycles. The molecule has 1 aromatic carbocycles. The highest BCUT2D eigenvalue weighted by Crippen LogP contribution is 2.33. The lowest BCUT2D eigenvalue weighted by atomic mass is 10.0. The smallest absolute Gasteiger partial charge is 0.125 e. The van der Waals surface area contributed by atoms with Crippen molar-refractivity contribution in [1.29, 1.82) is 0 Å². The molecule has 1 aromatic rings. The molecule has 0 atom stereocenters. The van der Waals surface area contributed by atoms with Crippen molar-refractivity contribution in [3.8, 4) is 5.75 Å². The van der Waals surface area contributed by atoms with Crippen LogP contribution in [0.5, 0.6) is 5.75 Å². The van der Waals surface area contributed by atoms with E-state index < -0.39 is 0 Å². The van der Waals surface area contributed by atoms with Crippen molar-refractivity contribution in [2.45, 2.75) is 25.7 Å². The highest BCUT2D eigenvalue weighted by Gasteiger charge is 2.16. The van der Waals surface area contributed by atoms with Gasteiger partial charge in [0, 0.05) is 25.1 Å². The summed E-state index contributed by atoms with van der Waals surface area (Å²) in [5, 5.41) is 4.18. The Kier molecular flexibility index (Phi) is 5.95. The third kappa shape index (κ3) is 4.37. The van der Waals surface area contributed by atoms with Crippen LogP contribution in [-0.2, 0) is 17.6 Å². The topological polar surface area (TPSA) is 30.5 Å². The van der Waals surface area contributed by atoms with Gasteiger partial charge < -0.3 is 14.8 Å². The molecule has 4 heteroatoms. The van der Waals surface area contributed by atoms with E-state index in [4.69, 9.17) is 21.1 Å². The third-order valence-electron chi connectivity index (χ3n) is 3.36. The van der Waals surface area contributed by atoms with Gasteiger partial charge in [0.05, 0.1) is 13.2 Å². The molecule has 2 rings (SSSR count). The Hall–Kier alpha value is -0.770. The SMILES string of the molecule is COCCNCCCCc1cc(Cl)cc2c1OCC2. The largest absolute Gasteiger partial charge is 0.493 e. The van der Waals surface area contributed by atoms with Gasteiger partial charge in [0.1, 0.15) is 5.75 Å². The highest BCUT2D eigenvalue weighted by atomic mass is 35.5. The predicted molar refractivity (Wildman–Crippen MR) is 78.3 cm³/mol. The Morgan fingerprint density at radius 3 is 3.05 bits per heavy atom. The fraction of sp³-hybridized carbons (Fsp3) is 0.600. The van der Waals surface area contributed by atoms with Crippen molar-refractivity contribution in [3.05, 3.63) is 28.3 Å². The molecule has 1 aliphatic rings. The molecular formula is C15H22ClNO2. The third-order valence-corrected chi connectivity index (χ3v) is 3.58. The summed E-state index contributed by atoms with van der Waals surface area (Å²) >= 11 is 6.14. The molecule has 0 bridgehead atoms. The van der Waals surface area contributed by atoms with Crippen molar-refractivity contribution in [2.75, 3.05) is 33.4 Å². The summed E-state index contributed by atoms with van der Waals surface area (Å²) in [5.74, 6) is 1.08. The quantitative estimate of drug-likeness (QED) is 0.744. The molecule has 0 spiro atoms. The Morgan fingerprint density at radius 1 is 1.32 bits per heavy atom.